The Labute approximate surface area is 150 Å². The van der Waals surface area contributed by atoms with Crippen LogP contribution in [0.4, 0.5) is 0 Å². The van der Waals surface area contributed by atoms with Gasteiger partial charge in [0.1, 0.15) is 0 Å². The van der Waals surface area contributed by atoms with Gasteiger partial charge in [-0.2, -0.15) is 0 Å². The van der Waals surface area contributed by atoms with E-state index < -0.39 is 10.0 Å². The lowest BCUT2D eigenvalue weighted by Gasteiger charge is -2.23. The minimum atomic E-state index is -3.51. The van der Waals surface area contributed by atoms with Gasteiger partial charge in [-0.05, 0) is 56.1 Å². The number of halogens is 1. The lowest BCUT2D eigenvalue weighted by Crippen LogP contribution is -2.42. The number of sulfonamides is 1. The fraction of sp³-hybridized carbons (Fsp3) is 0.562. The van der Waals surface area contributed by atoms with Gasteiger partial charge >= 0.3 is 0 Å². The molecule has 0 spiro atoms. The molecule has 0 unspecified atom stereocenters. The van der Waals surface area contributed by atoms with Crippen LogP contribution in [0.3, 0.4) is 0 Å². The van der Waals surface area contributed by atoms with Gasteiger partial charge in [0.15, 0.2) is 0 Å². The summed E-state index contributed by atoms with van der Waals surface area (Å²) in [6, 6.07) is 6.24. The third kappa shape index (κ3) is 6.05. The molecule has 1 aromatic rings. The highest BCUT2D eigenvalue weighted by molar-refractivity contribution is 7.89. The molecule has 1 fully saturated rings. The maximum atomic E-state index is 12.2. The highest BCUT2D eigenvalue weighted by atomic mass is 35.5. The molecule has 0 aromatic heterocycles. The predicted molar refractivity (Wildman–Crippen MR) is 97.1 cm³/mol. The van der Waals surface area contributed by atoms with Crippen LogP contribution in [0.15, 0.2) is 29.2 Å². The van der Waals surface area contributed by atoms with E-state index in [9.17, 15) is 13.2 Å². The molecular formula is C16H26ClN3O3S. The van der Waals surface area contributed by atoms with E-state index in [0.717, 1.165) is 25.9 Å². The van der Waals surface area contributed by atoms with Crippen molar-refractivity contribution >= 4 is 28.3 Å². The van der Waals surface area contributed by atoms with Gasteiger partial charge in [0.05, 0.1) is 4.90 Å². The number of benzene rings is 1. The predicted octanol–water partition coefficient (Wildman–Crippen LogP) is 1.52. The van der Waals surface area contributed by atoms with Gasteiger partial charge in [-0.3, -0.25) is 4.79 Å². The van der Waals surface area contributed by atoms with Crippen molar-refractivity contribution in [2.45, 2.75) is 37.6 Å². The van der Waals surface area contributed by atoms with Crippen LogP contribution in [0.5, 0.6) is 0 Å². The maximum absolute atomic E-state index is 12.2. The van der Waals surface area contributed by atoms with Crippen molar-refractivity contribution in [3.63, 3.8) is 0 Å². The van der Waals surface area contributed by atoms with Crippen molar-refractivity contribution in [2.75, 3.05) is 19.6 Å². The van der Waals surface area contributed by atoms with Crippen LogP contribution in [0.2, 0.25) is 0 Å². The van der Waals surface area contributed by atoms with Crippen molar-refractivity contribution in [1.29, 1.82) is 0 Å². The van der Waals surface area contributed by atoms with Gasteiger partial charge < -0.3 is 10.6 Å². The van der Waals surface area contributed by atoms with E-state index in [1.165, 1.54) is 12.1 Å². The summed E-state index contributed by atoms with van der Waals surface area (Å²) in [5, 5.41) is 6.24. The summed E-state index contributed by atoms with van der Waals surface area (Å²) in [5.41, 5.74) is 0.478. The number of piperidine rings is 1. The monoisotopic (exact) mass is 375 g/mol. The second kappa shape index (κ2) is 9.36. The van der Waals surface area contributed by atoms with Crippen LogP contribution in [-0.4, -0.2) is 40.0 Å². The van der Waals surface area contributed by atoms with E-state index in [1.54, 1.807) is 12.1 Å². The van der Waals surface area contributed by atoms with Crippen molar-refractivity contribution in [3.8, 4) is 0 Å². The van der Waals surface area contributed by atoms with Crippen molar-refractivity contribution in [3.05, 3.63) is 29.8 Å². The summed E-state index contributed by atoms with van der Waals surface area (Å²) in [5.74, 6) is 0.0794. The first-order valence-corrected chi connectivity index (χ1v) is 9.48. The Morgan fingerprint density at radius 1 is 1.21 bits per heavy atom. The summed E-state index contributed by atoms with van der Waals surface area (Å²) in [6.45, 7) is 6.08. The fourth-order valence-corrected chi connectivity index (χ4v) is 3.59. The van der Waals surface area contributed by atoms with Crippen LogP contribution in [0.25, 0.3) is 0 Å². The lowest BCUT2D eigenvalue weighted by molar-refractivity contribution is 0.0929. The molecule has 0 aliphatic carbocycles. The topological polar surface area (TPSA) is 87.3 Å². The highest BCUT2D eigenvalue weighted by Gasteiger charge is 2.18. The quantitative estimate of drug-likeness (QED) is 0.703. The summed E-state index contributed by atoms with van der Waals surface area (Å²) < 4.78 is 26.8. The Balaban J connectivity index is 0.00000288. The van der Waals surface area contributed by atoms with Crippen LogP contribution >= 0.6 is 12.4 Å². The standard InChI is InChI=1S/C16H25N3O3S.ClH/c1-12(2)11-18-23(21,22)15-5-3-13(4-6-15)16(20)19-14-7-9-17-10-8-14;/h3-6,12,14,17-18H,7-11H2,1-2H3,(H,19,20);1H. The van der Waals surface area contributed by atoms with E-state index in [-0.39, 0.29) is 35.2 Å². The Kier molecular flexibility index (Phi) is 8.15. The molecule has 0 saturated carbocycles. The number of carbonyl (C=O) groups is 1. The van der Waals surface area contributed by atoms with Gasteiger partial charge in [-0.1, -0.05) is 13.8 Å². The molecule has 3 N–H and O–H groups in total. The molecule has 1 aromatic carbocycles. The molecule has 1 aliphatic heterocycles. The molecule has 8 heteroatoms. The van der Waals surface area contributed by atoms with Crippen LogP contribution < -0.4 is 15.4 Å². The molecule has 136 valence electrons. The SMILES string of the molecule is CC(C)CNS(=O)(=O)c1ccc(C(=O)NC2CCNCC2)cc1.Cl. The zero-order chi connectivity index (χ0) is 16.9. The summed E-state index contributed by atoms with van der Waals surface area (Å²) in [7, 11) is -3.51. The third-order valence-electron chi connectivity index (χ3n) is 3.78. The normalized spacial score (nSPS) is 15.8. The van der Waals surface area contributed by atoms with E-state index in [0.29, 0.717) is 12.1 Å². The molecule has 1 aliphatic rings. The van der Waals surface area contributed by atoms with Crippen LogP contribution in [-0.2, 0) is 10.0 Å². The minimum Gasteiger partial charge on any atom is -0.349 e. The molecule has 2 rings (SSSR count). The molecule has 0 bridgehead atoms. The van der Waals surface area contributed by atoms with E-state index >= 15 is 0 Å². The van der Waals surface area contributed by atoms with Crippen LogP contribution in [0.1, 0.15) is 37.0 Å². The molecule has 0 atom stereocenters. The second-order valence-corrected chi connectivity index (χ2v) is 8.03. The van der Waals surface area contributed by atoms with Gasteiger partial charge in [0, 0.05) is 18.2 Å². The summed E-state index contributed by atoms with van der Waals surface area (Å²) in [4.78, 5) is 12.4. The average molecular weight is 376 g/mol. The van der Waals surface area contributed by atoms with Crippen LogP contribution in [0, 0.1) is 5.92 Å². The Hall–Kier alpha value is -1.15. The summed E-state index contributed by atoms with van der Waals surface area (Å²) in [6.07, 6.45) is 1.83. The smallest absolute Gasteiger partial charge is 0.251 e. The highest BCUT2D eigenvalue weighted by Crippen LogP contribution is 2.12. The lowest BCUT2D eigenvalue weighted by atomic mass is 10.1. The first kappa shape index (κ1) is 20.9. The van der Waals surface area contributed by atoms with E-state index in [4.69, 9.17) is 0 Å². The Morgan fingerprint density at radius 3 is 2.33 bits per heavy atom. The molecule has 24 heavy (non-hydrogen) atoms. The average Bonchev–Trinajstić information content (AvgIpc) is 2.54. The molecule has 1 saturated heterocycles. The van der Waals surface area contributed by atoms with Crippen molar-refractivity contribution in [2.24, 2.45) is 5.92 Å². The third-order valence-corrected chi connectivity index (χ3v) is 5.22. The fourth-order valence-electron chi connectivity index (χ4n) is 2.38. The zero-order valence-corrected chi connectivity index (χ0v) is 15.7. The molecule has 1 heterocycles. The van der Waals surface area contributed by atoms with Gasteiger partial charge in [0.2, 0.25) is 10.0 Å². The Morgan fingerprint density at radius 2 is 1.79 bits per heavy atom. The van der Waals surface area contributed by atoms with Gasteiger partial charge in [-0.25, -0.2) is 13.1 Å². The maximum Gasteiger partial charge on any atom is 0.251 e. The zero-order valence-electron chi connectivity index (χ0n) is 14.0. The number of carbonyl (C=O) groups excluding carboxylic acids is 1. The second-order valence-electron chi connectivity index (χ2n) is 6.27. The van der Waals surface area contributed by atoms with Crippen molar-refractivity contribution in [1.82, 2.24) is 15.4 Å². The van der Waals surface area contributed by atoms with E-state index in [1.807, 2.05) is 13.8 Å². The van der Waals surface area contributed by atoms with E-state index in [2.05, 4.69) is 15.4 Å². The van der Waals surface area contributed by atoms with Gasteiger partial charge in [0.25, 0.3) is 5.91 Å². The summed E-state index contributed by atoms with van der Waals surface area (Å²) >= 11 is 0. The number of hydrogen-bond acceptors (Lipinski definition) is 4. The largest absolute Gasteiger partial charge is 0.349 e. The number of rotatable bonds is 6. The molecule has 6 nitrogen and oxygen atoms in total. The number of hydrogen-bond donors (Lipinski definition) is 3. The molecule has 0 radical (unpaired) electrons. The molecular weight excluding hydrogens is 350 g/mol. The number of nitrogens with one attached hydrogen (secondary N) is 3. The Bertz CT molecular complexity index is 626. The van der Waals surface area contributed by atoms with Gasteiger partial charge in [-0.15, -0.1) is 12.4 Å². The molecule has 1 amide bonds. The number of amides is 1. The first-order chi connectivity index (χ1) is 10.9. The van der Waals surface area contributed by atoms with Crippen molar-refractivity contribution < 1.29 is 13.2 Å². The minimum absolute atomic E-state index is 0. The first-order valence-electron chi connectivity index (χ1n) is 8.00.